The molecule has 2 heterocycles. The van der Waals surface area contributed by atoms with Gasteiger partial charge in [-0.3, -0.25) is 5.10 Å². The topological polar surface area (TPSA) is 79.6 Å². The second kappa shape index (κ2) is 7.47. The molecule has 1 atom stereocenters. The first-order chi connectivity index (χ1) is 11.2. The lowest BCUT2D eigenvalue weighted by atomic mass is 10.1. The smallest absolute Gasteiger partial charge is 0.151 e. The molecule has 0 aromatic carbocycles. The van der Waals surface area contributed by atoms with Crippen molar-refractivity contribution >= 4 is 0 Å². The summed E-state index contributed by atoms with van der Waals surface area (Å²) in [4.78, 5) is 4.74. The van der Waals surface area contributed by atoms with E-state index in [1.165, 1.54) is 5.56 Å². The van der Waals surface area contributed by atoms with Crippen molar-refractivity contribution < 1.29 is 5.11 Å². The molecule has 0 saturated heterocycles. The number of nitrogens with zero attached hydrogens (tertiary/aromatic N) is 4. The van der Waals surface area contributed by atoms with Gasteiger partial charge in [0.25, 0.3) is 0 Å². The summed E-state index contributed by atoms with van der Waals surface area (Å²) in [5.74, 6) is 2.36. The lowest BCUT2D eigenvalue weighted by Crippen LogP contribution is -2.28. The van der Waals surface area contributed by atoms with E-state index < -0.39 is 5.60 Å². The van der Waals surface area contributed by atoms with Gasteiger partial charge in [0.05, 0.1) is 17.8 Å². The van der Waals surface area contributed by atoms with Gasteiger partial charge in [-0.05, 0) is 45.6 Å². The number of rotatable bonds is 8. The van der Waals surface area contributed by atoms with Gasteiger partial charge < -0.3 is 5.11 Å². The third-order valence-corrected chi connectivity index (χ3v) is 4.50. The van der Waals surface area contributed by atoms with Gasteiger partial charge in [0.1, 0.15) is 5.82 Å². The Kier molecular flexibility index (Phi) is 5.80. The number of hydrogen-bond donors (Lipinski definition) is 2. The summed E-state index contributed by atoms with van der Waals surface area (Å²) < 4.78 is 1.87. The van der Waals surface area contributed by atoms with E-state index in [2.05, 4.69) is 36.1 Å². The molecule has 0 amide bonds. The molecule has 1 unspecified atom stereocenters. The van der Waals surface area contributed by atoms with Crippen LogP contribution in [0.2, 0.25) is 0 Å². The zero-order valence-electron chi connectivity index (χ0n) is 15.8. The van der Waals surface area contributed by atoms with E-state index in [9.17, 15) is 5.11 Å². The lowest BCUT2D eigenvalue weighted by Gasteiger charge is -2.18. The fourth-order valence-corrected chi connectivity index (χ4v) is 2.66. The van der Waals surface area contributed by atoms with Gasteiger partial charge in [-0.1, -0.05) is 20.3 Å². The number of aryl methyl sites for hydroxylation is 3. The second-order valence-electron chi connectivity index (χ2n) is 7.55. The van der Waals surface area contributed by atoms with E-state index in [1.807, 2.05) is 11.6 Å². The van der Waals surface area contributed by atoms with Crippen LogP contribution < -0.4 is 0 Å². The molecule has 6 nitrogen and oxygen atoms in total. The van der Waals surface area contributed by atoms with Gasteiger partial charge >= 0.3 is 0 Å². The van der Waals surface area contributed by atoms with E-state index in [-0.39, 0.29) is 0 Å². The second-order valence-corrected chi connectivity index (χ2v) is 7.55. The number of nitrogens with one attached hydrogen (secondary N) is 1. The molecule has 134 valence electrons. The largest absolute Gasteiger partial charge is 0.389 e. The van der Waals surface area contributed by atoms with Crippen molar-refractivity contribution in [2.24, 2.45) is 5.92 Å². The van der Waals surface area contributed by atoms with Crippen molar-refractivity contribution in [2.45, 2.75) is 79.4 Å². The summed E-state index contributed by atoms with van der Waals surface area (Å²) in [7, 11) is 0. The van der Waals surface area contributed by atoms with E-state index in [4.69, 9.17) is 4.98 Å². The molecule has 0 saturated carbocycles. The van der Waals surface area contributed by atoms with Crippen molar-refractivity contribution in [3.05, 3.63) is 28.6 Å². The molecule has 2 N–H and O–H groups in total. The highest BCUT2D eigenvalue weighted by molar-refractivity contribution is 5.22. The van der Waals surface area contributed by atoms with E-state index >= 15 is 0 Å². The molecule has 2 aromatic rings. The molecule has 0 fully saturated rings. The molecule has 24 heavy (non-hydrogen) atoms. The first-order valence-corrected chi connectivity index (χ1v) is 8.85. The van der Waals surface area contributed by atoms with Gasteiger partial charge in [0, 0.05) is 18.5 Å². The predicted molar refractivity (Wildman–Crippen MR) is 94.9 cm³/mol. The van der Waals surface area contributed by atoms with Crippen LogP contribution in [0.25, 0.3) is 0 Å². The van der Waals surface area contributed by atoms with Crippen LogP contribution in [0.1, 0.15) is 62.7 Å². The fourth-order valence-electron chi connectivity index (χ4n) is 2.66. The summed E-state index contributed by atoms with van der Waals surface area (Å²) in [5.41, 5.74) is 2.59. The van der Waals surface area contributed by atoms with Crippen LogP contribution >= 0.6 is 0 Å². The number of aromatic nitrogens is 5. The van der Waals surface area contributed by atoms with E-state index in [1.54, 1.807) is 13.8 Å². The summed E-state index contributed by atoms with van der Waals surface area (Å²) in [6.45, 7) is 12.6. The van der Waals surface area contributed by atoms with Crippen molar-refractivity contribution in [3.63, 3.8) is 0 Å². The molecule has 0 bridgehead atoms. The van der Waals surface area contributed by atoms with Crippen LogP contribution in [0.15, 0.2) is 0 Å². The van der Waals surface area contributed by atoms with E-state index in [0.29, 0.717) is 12.5 Å². The van der Waals surface area contributed by atoms with Crippen LogP contribution in [0.3, 0.4) is 0 Å². The van der Waals surface area contributed by atoms with Crippen molar-refractivity contribution in [2.75, 3.05) is 0 Å². The number of hydrogen-bond acceptors (Lipinski definition) is 4. The quantitative estimate of drug-likeness (QED) is 0.778. The maximum absolute atomic E-state index is 10.2. The summed E-state index contributed by atoms with van der Waals surface area (Å²) >= 11 is 0. The van der Waals surface area contributed by atoms with Gasteiger partial charge in [0.15, 0.2) is 5.82 Å². The average Bonchev–Trinajstić information content (AvgIpc) is 3.00. The Morgan fingerprint density at radius 1 is 1.25 bits per heavy atom. The number of aromatic amines is 1. The van der Waals surface area contributed by atoms with Crippen LogP contribution in [0.5, 0.6) is 0 Å². The number of aliphatic hydroxyl groups is 1. The summed E-state index contributed by atoms with van der Waals surface area (Å²) in [6.07, 6.45) is 3.59. The molecule has 2 aromatic heterocycles. The molecular weight excluding hydrogens is 302 g/mol. The van der Waals surface area contributed by atoms with Crippen LogP contribution in [-0.4, -0.2) is 35.7 Å². The van der Waals surface area contributed by atoms with Crippen LogP contribution in [0.4, 0.5) is 0 Å². The van der Waals surface area contributed by atoms with Gasteiger partial charge in [-0.15, -0.1) is 0 Å². The highest BCUT2D eigenvalue weighted by atomic mass is 16.3. The predicted octanol–water partition coefficient (Wildman–Crippen LogP) is 2.76. The Hall–Kier alpha value is -1.69. The molecule has 2 rings (SSSR count). The van der Waals surface area contributed by atoms with Crippen LogP contribution in [0, 0.1) is 19.8 Å². The third kappa shape index (κ3) is 4.90. The minimum absolute atomic E-state index is 0.453. The highest BCUT2D eigenvalue weighted by Gasteiger charge is 2.20. The SMILES string of the molecule is CCC(C)Cc1nc(CCc2n[nH]c(C)c2C)n(CC(C)(C)O)n1. The standard InChI is InChI=1S/C18H31N5O/c1-7-12(2)10-16-19-17(23(22-16)11-18(5,6)24)9-8-15-13(3)14(4)20-21-15/h12,24H,7-11H2,1-6H3,(H,20,21). The van der Waals surface area contributed by atoms with Gasteiger partial charge in [-0.25, -0.2) is 9.67 Å². The molecule has 6 heteroatoms. The fraction of sp³-hybridized carbons (Fsp3) is 0.722. The minimum Gasteiger partial charge on any atom is -0.389 e. The Morgan fingerprint density at radius 2 is 1.96 bits per heavy atom. The maximum Gasteiger partial charge on any atom is 0.151 e. The summed E-state index contributed by atoms with van der Waals surface area (Å²) in [6, 6.07) is 0. The normalized spacial score (nSPS) is 13.5. The first kappa shape index (κ1) is 18.6. The molecule has 0 spiro atoms. The zero-order valence-corrected chi connectivity index (χ0v) is 15.8. The van der Waals surface area contributed by atoms with Gasteiger partial charge in [-0.2, -0.15) is 10.2 Å². The monoisotopic (exact) mass is 333 g/mol. The van der Waals surface area contributed by atoms with Crippen molar-refractivity contribution in [1.29, 1.82) is 0 Å². The maximum atomic E-state index is 10.2. The van der Waals surface area contributed by atoms with Gasteiger partial charge in [0.2, 0.25) is 0 Å². The average molecular weight is 333 g/mol. The molecule has 0 radical (unpaired) electrons. The van der Waals surface area contributed by atoms with Crippen LogP contribution in [-0.2, 0) is 25.8 Å². The Bertz CT molecular complexity index is 665. The van der Waals surface area contributed by atoms with E-state index in [0.717, 1.165) is 48.7 Å². The molecule has 0 aliphatic heterocycles. The molecular formula is C18H31N5O. The summed E-state index contributed by atoms with van der Waals surface area (Å²) in [5, 5.41) is 22.2. The number of H-pyrrole nitrogens is 1. The minimum atomic E-state index is -0.811. The molecule has 0 aliphatic carbocycles. The lowest BCUT2D eigenvalue weighted by molar-refractivity contribution is 0.0565. The Morgan fingerprint density at radius 3 is 2.50 bits per heavy atom. The zero-order chi connectivity index (χ0) is 17.9. The third-order valence-electron chi connectivity index (χ3n) is 4.50. The molecule has 0 aliphatic rings. The Balaban J connectivity index is 2.17. The van der Waals surface area contributed by atoms with Crippen molar-refractivity contribution in [3.8, 4) is 0 Å². The highest BCUT2D eigenvalue weighted by Crippen LogP contribution is 2.15. The first-order valence-electron chi connectivity index (χ1n) is 8.85. The Labute approximate surface area is 144 Å². The van der Waals surface area contributed by atoms with Crippen molar-refractivity contribution in [1.82, 2.24) is 25.0 Å².